The van der Waals surface area contributed by atoms with Gasteiger partial charge in [-0.15, -0.1) is 0 Å². The highest BCUT2D eigenvalue weighted by Gasteiger charge is 2.28. The van der Waals surface area contributed by atoms with E-state index in [-0.39, 0.29) is 18.0 Å². The van der Waals surface area contributed by atoms with E-state index in [1.54, 1.807) is 19.9 Å². The molecule has 166 valence electrons. The number of hydrogen-bond donors (Lipinski definition) is 2. The summed E-state index contributed by atoms with van der Waals surface area (Å²) in [7, 11) is -3.27. The zero-order chi connectivity index (χ0) is 22.6. The molecule has 1 fully saturated rings. The Morgan fingerprint density at radius 3 is 2.39 bits per heavy atom. The number of ether oxygens (including phenoxy) is 1. The third kappa shape index (κ3) is 5.39. The summed E-state index contributed by atoms with van der Waals surface area (Å²) >= 11 is 0. The second kappa shape index (κ2) is 9.44. The quantitative estimate of drug-likeness (QED) is 0.497. The number of carbonyl (C=O) groups excluding carboxylic acids is 1. The maximum atomic E-state index is 12.5. The minimum atomic E-state index is -3.27. The molecule has 1 aliphatic heterocycles. The highest BCUT2D eigenvalue weighted by atomic mass is 32.2. The van der Waals surface area contributed by atoms with Crippen molar-refractivity contribution in [2.24, 2.45) is 0 Å². The Morgan fingerprint density at radius 2 is 1.84 bits per heavy atom. The van der Waals surface area contributed by atoms with E-state index in [1.165, 1.54) is 10.6 Å². The third-order valence-electron chi connectivity index (χ3n) is 4.94. The second-order valence-corrected chi connectivity index (χ2v) is 9.22. The van der Waals surface area contributed by atoms with E-state index in [1.807, 2.05) is 35.2 Å². The SMILES string of the molecule is CCOC(=O)c1cc(N2CCN(S(C)(=O)=O)CC2)c(C(C)=N)c(Nc2ccccc2)n1. The van der Waals surface area contributed by atoms with Crippen LogP contribution in [0.2, 0.25) is 0 Å². The van der Waals surface area contributed by atoms with E-state index in [2.05, 4.69) is 10.3 Å². The van der Waals surface area contributed by atoms with Crippen molar-refractivity contribution < 1.29 is 17.9 Å². The summed E-state index contributed by atoms with van der Waals surface area (Å²) in [6.07, 6.45) is 1.20. The number of hydrogen-bond acceptors (Lipinski definition) is 8. The summed E-state index contributed by atoms with van der Waals surface area (Å²) in [6.45, 7) is 5.13. The molecule has 2 N–H and O–H groups in total. The van der Waals surface area contributed by atoms with E-state index in [4.69, 9.17) is 10.1 Å². The number of para-hydroxylation sites is 1. The molecule has 10 heteroatoms. The van der Waals surface area contributed by atoms with E-state index in [9.17, 15) is 13.2 Å². The lowest BCUT2D eigenvalue weighted by atomic mass is 10.1. The van der Waals surface area contributed by atoms with Crippen molar-refractivity contribution in [1.29, 1.82) is 5.41 Å². The molecule has 31 heavy (non-hydrogen) atoms. The molecular weight excluding hydrogens is 418 g/mol. The van der Waals surface area contributed by atoms with Gasteiger partial charge >= 0.3 is 5.97 Å². The second-order valence-electron chi connectivity index (χ2n) is 7.24. The van der Waals surface area contributed by atoms with Gasteiger partial charge in [-0.2, -0.15) is 4.31 Å². The van der Waals surface area contributed by atoms with Gasteiger partial charge in [-0.25, -0.2) is 18.2 Å². The largest absolute Gasteiger partial charge is 0.461 e. The van der Waals surface area contributed by atoms with Crippen molar-refractivity contribution in [2.75, 3.05) is 49.3 Å². The molecule has 0 aliphatic carbocycles. The van der Waals surface area contributed by atoms with E-state index in [0.29, 0.717) is 43.2 Å². The van der Waals surface area contributed by atoms with E-state index < -0.39 is 16.0 Å². The maximum absolute atomic E-state index is 12.5. The van der Waals surface area contributed by atoms with Crippen molar-refractivity contribution in [2.45, 2.75) is 13.8 Å². The molecule has 0 amide bonds. The number of pyridine rings is 1. The predicted molar refractivity (Wildman–Crippen MR) is 121 cm³/mol. The number of rotatable bonds is 7. The van der Waals surface area contributed by atoms with Crippen LogP contribution < -0.4 is 10.2 Å². The molecule has 2 aromatic rings. The lowest BCUT2D eigenvalue weighted by Crippen LogP contribution is -2.48. The van der Waals surface area contributed by atoms with Crippen molar-refractivity contribution in [3.8, 4) is 0 Å². The van der Waals surface area contributed by atoms with Crippen LogP contribution in [-0.4, -0.2) is 68.4 Å². The summed E-state index contributed by atoms with van der Waals surface area (Å²) in [6, 6.07) is 11.0. The molecule has 9 nitrogen and oxygen atoms in total. The van der Waals surface area contributed by atoms with Gasteiger partial charge < -0.3 is 20.4 Å². The number of esters is 1. The standard InChI is InChI=1S/C21H27N5O4S/c1-4-30-21(27)17-14-18(25-10-12-26(13-11-25)31(3,28)29)19(15(2)22)20(24-17)23-16-8-6-5-7-9-16/h5-9,14,22H,4,10-13H2,1-3H3,(H,23,24). The van der Waals surface area contributed by atoms with Crippen LogP contribution in [0, 0.1) is 5.41 Å². The fraction of sp³-hybridized carbons (Fsp3) is 0.381. The first-order valence-electron chi connectivity index (χ1n) is 10.0. The van der Waals surface area contributed by atoms with Gasteiger partial charge in [-0.05, 0) is 32.0 Å². The monoisotopic (exact) mass is 445 g/mol. The molecule has 0 unspecified atom stereocenters. The molecule has 0 atom stereocenters. The van der Waals surface area contributed by atoms with Crippen LogP contribution in [0.4, 0.5) is 17.2 Å². The number of piperazine rings is 1. The first kappa shape index (κ1) is 22.7. The summed E-state index contributed by atoms with van der Waals surface area (Å²) in [5.41, 5.74) is 2.39. The zero-order valence-corrected chi connectivity index (χ0v) is 18.7. The zero-order valence-electron chi connectivity index (χ0n) is 17.9. The van der Waals surface area contributed by atoms with Gasteiger partial charge in [0, 0.05) is 37.6 Å². The average molecular weight is 446 g/mol. The number of anilines is 3. The Labute approximate surface area is 182 Å². The summed E-state index contributed by atoms with van der Waals surface area (Å²) in [5, 5.41) is 11.6. The topological polar surface area (TPSA) is 116 Å². The molecule has 2 heterocycles. The highest BCUT2D eigenvalue weighted by molar-refractivity contribution is 7.88. The van der Waals surface area contributed by atoms with E-state index >= 15 is 0 Å². The molecular formula is C21H27N5O4S. The summed E-state index contributed by atoms with van der Waals surface area (Å²) in [5.74, 6) is -0.173. The molecule has 0 saturated carbocycles. The van der Waals surface area contributed by atoms with Crippen LogP contribution in [0.1, 0.15) is 29.9 Å². The van der Waals surface area contributed by atoms with Crippen LogP contribution in [0.5, 0.6) is 0 Å². The van der Waals surface area contributed by atoms with Gasteiger partial charge in [0.15, 0.2) is 5.69 Å². The molecule has 3 rings (SSSR count). The lowest BCUT2D eigenvalue weighted by Gasteiger charge is -2.36. The van der Waals surface area contributed by atoms with Gasteiger partial charge in [0.1, 0.15) is 5.82 Å². The smallest absolute Gasteiger partial charge is 0.357 e. The van der Waals surface area contributed by atoms with Gasteiger partial charge in [-0.3, -0.25) is 0 Å². The van der Waals surface area contributed by atoms with Gasteiger partial charge in [0.2, 0.25) is 10.0 Å². The van der Waals surface area contributed by atoms with Crippen LogP contribution >= 0.6 is 0 Å². The Balaban J connectivity index is 2.05. The van der Waals surface area contributed by atoms with Crippen molar-refractivity contribution >= 4 is 38.9 Å². The van der Waals surface area contributed by atoms with Crippen LogP contribution in [0.15, 0.2) is 36.4 Å². The van der Waals surface area contributed by atoms with Gasteiger partial charge in [0.05, 0.1) is 24.1 Å². The molecule has 0 spiro atoms. The summed E-state index contributed by atoms with van der Waals surface area (Å²) in [4.78, 5) is 18.9. The Kier molecular flexibility index (Phi) is 6.91. The van der Waals surface area contributed by atoms with Crippen molar-refractivity contribution in [3.05, 3.63) is 47.7 Å². The first-order valence-corrected chi connectivity index (χ1v) is 11.9. The first-order chi connectivity index (χ1) is 14.7. The Hall–Kier alpha value is -2.98. The fourth-order valence-electron chi connectivity index (χ4n) is 3.47. The molecule has 1 aromatic carbocycles. The third-order valence-corrected chi connectivity index (χ3v) is 6.25. The number of nitrogens with zero attached hydrogens (tertiary/aromatic N) is 3. The number of sulfonamides is 1. The minimum absolute atomic E-state index is 0.130. The Morgan fingerprint density at radius 1 is 1.19 bits per heavy atom. The van der Waals surface area contributed by atoms with Crippen LogP contribution in [0.3, 0.4) is 0 Å². The molecule has 0 bridgehead atoms. The average Bonchev–Trinajstić information content (AvgIpc) is 2.73. The number of benzene rings is 1. The maximum Gasteiger partial charge on any atom is 0.357 e. The van der Waals surface area contributed by atoms with Gasteiger partial charge in [-0.1, -0.05) is 18.2 Å². The molecule has 1 aromatic heterocycles. The molecule has 0 radical (unpaired) electrons. The number of carbonyl (C=O) groups is 1. The molecule has 1 aliphatic rings. The lowest BCUT2D eigenvalue weighted by molar-refractivity contribution is 0.0519. The predicted octanol–water partition coefficient (Wildman–Crippen LogP) is 2.47. The van der Waals surface area contributed by atoms with Crippen molar-refractivity contribution in [1.82, 2.24) is 9.29 Å². The van der Waals surface area contributed by atoms with Crippen molar-refractivity contribution in [3.63, 3.8) is 0 Å². The van der Waals surface area contributed by atoms with Gasteiger partial charge in [0.25, 0.3) is 0 Å². The number of nitrogens with one attached hydrogen (secondary N) is 2. The summed E-state index contributed by atoms with van der Waals surface area (Å²) < 4.78 is 30.3. The van der Waals surface area contributed by atoms with Crippen LogP contribution in [0.25, 0.3) is 0 Å². The fourth-order valence-corrected chi connectivity index (χ4v) is 4.30. The minimum Gasteiger partial charge on any atom is -0.461 e. The normalized spacial score (nSPS) is 14.9. The number of aromatic nitrogens is 1. The van der Waals surface area contributed by atoms with E-state index in [0.717, 1.165) is 5.69 Å². The molecule has 1 saturated heterocycles. The Bertz CT molecular complexity index is 1060. The highest BCUT2D eigenvalue weighted by Crippen LogP contribution is 2.31. The van der Waals surface area contributed by atoms with Crippen LogP contribution in [-0.2, 0) is 14.8 Å².